The normalized spacial score (nSPS) is 16.2. The molecule has 0 radical (unpaired) electrons. The van der Waals surface area contributed by atoms with Crippen LogP contribution in [0.25, 0.3) is 0 Å². The second kappa shape index (κ2) is 4.25. The van der Waals surface area contributed by atoms with E-state index in [0.717, 1.165) is 11.4 Å². The summed E-state index contributed by atoms with van der Waals surface area (Å²) >= 11 is 0. The molecule has 2 heterocycles. The molecule has 1 aliphatic heterocycles. The number of hydrogen-bond donors (Lipinski definition) is 1. The Bertz CT molecular complexity index is 389. The van der Waals surface area contributed by atoms with Crippen LogP contribution in [-0.4, -0.2) is 29.3 Å². The monoisotopic (exact) mass is 223 g/mol. The van der Waals surface area contributed by atoms with E-state index in [1.165, 1.54) is 0 Å². The van der Waals surface area contributed by atoms with Crippen LogP contribution in [-0.2, 0) is 4.74 Å². The third-order valence-corrected chi connectivity index (χ3v) is 2.56. The number of nitrogen functional groups attached to an aromatic ring is 1. The van der Waals surface area contributed by atoms with Crippen LogP contribution < -0.4 is 10.5 Å². The first kappa shape index (κ1) is 11.1. The molecule has 1 aliphatic rings. The van der Waals surface area contributed by atoms with Crippen molar-refractivity contribution in [2.45, 2.75) is 32.8 Å². The van der Waals surface area contributed by atoms with E-state index in [-0.39, 0.29) is 12.0 Å². The molecule has 1 saturated heterocycles. The molecule has 0 aromatic carbocycles. The predicted molar refractivity (Wildman–Crippen MR) is 60.5 cm³/mol. The van der Waals surface area contributed by atoms with Gasteiger partial charge < -0.3 is 15.2 Å². The Morgan fingerprint density at radius 3 is 2.56 bits per heavy atom. The summed E-state index contributed by atoms with van der Waals surface area (Å²) in [4.78, 5) is 8.62. The average Bonchev–Trinajstić information content (AvgIpc) is 2.17. The maximum absolute atomic E-state index is 5.83. The van der Waals surface area contributed by atoms with Gasteiger partial charge in [0.05, 0.1) is 18.8 Å². The van der Waals surface area contributed by atoms with Crippen LogP contribution in [0.1, 0.15) is 31.2 Å². The summed E-state index contributed by atoms with van der Waals surface area (Å²) in [6, 6.07) is 0. The zero-order valence-corrected chi connectivity index (χ0v) is 9.86. The minimum Gasteiger partial charge on any atom is -0.469 e. The highest BCUT2D eigenvalue weighted by molar-refractivity contribution is 5.44. The number of nitrogens with zero attached hydrogens (tertiary/aromatic N) is 2. The molecule has 0 amide bonds. The zero-order valence-electron chi connectivity index (χ0n) is 9.86. The first-order valence-corrected chi connectivity index (χ1v) is 5.46. The molecule has 2 N–H and O–H groups in total. The Morgan fingerprint density at radius 1 is 1.38 bits per heavy atom. The molecule has 2 rings (SSSR count). The van der Waals surface area contributed by atoms with E-state index in [1.54, 1.807) is 0 Å². The predicted octanol–water partition coefficient (Wildman–Crippen LogP) is 1.27. The molecule has 0 bridgehead atoms. The summed E-state index contributed by atoms with van der Waals surface area (Å²) in [5, 5.41) is 0. The molecule has 0 unspecified atom stereocenters. The molecule has 5 heteroatoms. The van der Waals surface area contributed by atoms with Gasteiger partial charge in [0, 0.05) is 5.92 Å². The molecule has 5 nitrogen and oxygen atoms in total. The lowest BCUT2D eigenvalue weighted by Crippen LogP contribution is -2.39. The van der Waals surface area contributed by atoms with E-state index in [1.807, 2.05) is 20.8 Å². The second-order valence-corrected chi connectivity index (χ2v) is 4.33. The van der Waals surface area contributed by atoms with Gasteiger partial charge >= 0.3 is 0 Å². The van der Waals surface area contributed by atoms with Crippen molar-refractivity contribution < 1.29 is 9.47 Å². The lowest BCUT2D eigenvalue weighted by Gasteiger charge is -2.27. The lowest BCUT2D eigenvalue weighted by molar-refractivity contribution is -0.0816. The van der Waals surface area contributed by atoms with Gasteiger partial charge in [-0.15, -0.1) is 0 Å². The summed E-state index contributed by atoms with van der Waals surface area (Å²) in [6.45, 7) is 7.18. The van der Waals surface area contributed by atoms with Crippen molar-refractivity contribution in [2.24, 2.45) is 0 Å². The largest absolute Gasteiger partial charge is 0.469 e. The molecule has 88 valence electrons. The summed E-state index contributed by atoms with van der Waals surface area (Å²) in [5.41, 5.74) is 6.63. The summed E-state index contributed by atoms with van der Waals surface area (Å²) < 4.78 is 10.8. The van der Waals surface area contributed by atoms with Crippen molar-refractivity contribution in [2.75, 3.05) is 18.9 Å². The Hall–Kier alpha value is -1.36. The van der Waals surface area contributed by atoms with Crippen molar-refractivity contribution >= 4 is 5.82 Å². The van der Waals surface area contributed by atoms with E-state index in [9.17, 15) is 0 Å². The number of nitrogens with two attached hydrogens (primary N) is 1. The highest BCUT2D eigenvalue weighted by Crippen LogP contribution is 2.24. The maximum Gasteiger partial charge on any atom is 0.222 e. The van der Waals surface area contributed by atoms with Crippen LogP contribution in [0.2, 0.25) is 0 Å². The topological polar surface area (TPSA) is 70.3 Å². The molecular formula is C11H17N3O2. The van der Waals surface area contributed by atoms with E-state index in [2.05, 4.69) is 9.97 Å². The molecule has 0 aliphatic carbocycles. The standard InChI is InChI=1S/C11H17N3O2/c1-6(2)10-13-9(12)7(3)11(14-10)16-8-4-15-5-8/h6,8H,4-5H2,1-3H3,(H2,12,13,14). The van der Waals surface area contributed by atoms with Crippen LogP contribution in [0.5, 0.6) is 5.88 Å². The SMILES string of the molecule is Cc1c(N)nc(C(C)C)nc1OC1COC1. The summed E-state index contributed by atoms with van der Waals surface area (Å²) in [5.74, 6) is 2.04. The van der Waals surface area contributed by atoms with Crippen molar-refractivity contribution in [3.63, 3.8) is 0 Å². The number of anilines is 1. The van der Waals surface area contributed by atoms with Crippen molar-refractivity contribution in [1.29, 1.82) is 0 Å². The second-order valence-electron chi connectivity index (χ2n) is 4.33. The fourth-order valence-electron chi connectivity index (χ4n) is 1.34. The van der Waals surface area contributed by atoms with Gasteiger partial charge in [0.1, 0.15) is 17.7 Å². The molecule has 1 aromatic rings. The van der Waals surface area contributed by atoms with Gasteiger partial charge in [0.15, 0.2) is 0 Å². The van der Waals surface area contributed by atoms with Crippen LogP contribution >= 0.6 is 0 Å². The fraction of sp³-hybridized carbons (Fsp3) is 0.636. The lowest BCUT2D eigenvalue weighted by atomic mass is 10.2. The molecular weight excluding hydrogens is 206 g/mol. The van der Waals surface area contributed by atoms with Crippen molar-refractivity contribution in [1.82, 2.24) is 9.97 Å². The van der Waals surface area contributed by atoms with Crippen molar-refractivity contribution in [3.05, 3.63) is 11.4 Å². The Morgan fingerprint density at radius 2 is 2.06 bits per heavy atom. The molecule has 0 spiro atoms. The molecule has 1 fully saturated rings. The van der Waals surface area contributed by atoms with Crippen molar-refractivity contribution in [3.8, 4) is 5.88 Å². The zero-order chi connectivity index (χ0) is 11.7. The number of ether oxygens (including phenoxy) is 2. The Labute approximate surface area is 95.0 Å². The molecule has 1 aromatic heterocycles. The summed E-state index contributed by atoms with van der Waals surface area (Å²) in [7, 11) is 0. The fourth-order valence-corrected chi connectivity index (χ4v) is 1.34. The van der Waals surface area contributed by atoms with Crippen LogP contribution in [0.3, 0.4) is 0 Å². The third-order valence-electron chi connectivity index (χ3n) is 2.56. The van der Waals surface area contributed by atoms with Gasteiger partial charge in [-0.3, -0.25) is 0 Å². The van der Waals surface area contributed by atoms with Gasteiger partial charge in [-0.1, -0.05) is 13.8 Å². The van der Waals surface area contributed by atoms with Crippen LogP contribution in [0.15, 0.2) is 0 Å². The molecule has 16 heavy (non-hydrogen) atoms. The Kier molecular flexibility index (Phi) is 2.96. The maximum atomic E-state index is 5.83. The van der Waals surface area contributed by atoms with Crippen LogP contribution in [0.4, 0.5) is 5.82 Å². The van der Waals surface area contributed by atoms with Gasteiger partial charge in [0.25, 0.3) is 0 Å². The smallest absolute Gasteiger partial charge is 0.222 e. The molecule has 0 saturated carbocycles. The van der Waals surface area contributed by atoms with E-state index in [0.29, 0.717) is 24.9 Å². The van der Waals surface area contributed by atoms with Gasteiger partial charge in [-0.05, 0) is 6.92 Å². The highest BCUT2D eigenvalue weighted by atomic mass is 16.6. The van der Waals surface area contributed by atoms with E-state index >= 15 is 0 Å². The highest BCUT2D eigenvalue weighted by Gasteiger charge is 2.23. The van der Waals surface area contributed by atoms with Crippen LogP contribution in [0, 0.1) is 6.92 Å². The van der Waals surface area contributed by atoms with E-state index in [4.69, 9.17) is 15.2 Å². The number of rotatable bonds is 3. The molecule has 0 atom stereocenters. The van der Waals surface area contributed by atoms with E-state index < -0.39 is 0 Å². The van der Waals surface area contributed by atoms with Gasteiger partial charge in [-0.2, -0.15) is 4.98 Å². The van der Waals surface area contributed by atoms with Gasteiger partial charge in [0.2, 0.25) is 5.88 Å². The quantitative estimate of drug-likeness (QED) is 0.835. The van der Waals surface area contributed by atoms with Gasteiger partial charge in [-0.25, -0.2) is 4.98 Å². The Balaban J connectivity index is 2.26. The number of hydrogen-bond acceptors (Lipinski definition) is 5. The first-order valence-electron chi connectivity index (χ1n) is 5.46. The minimum atomic E-state index is 0.105. The summed E-state index contributed by atoms with van der Waals surface area (Å²) in [6.07, 6.45) is 0.105. The average molecular weight is 223 g/mol. The minimum absolute atomic E-state index is 0.105. The first-order chi connectivity index (χ1) is 7.58. The number of aromatic nitrogens is 2. The third kappa shape index (κ3) is 2.09.